The highest BCUT2D eigenvalue weighted by molar-refractivity contribution is 6.31. The number of carbonyl (C=O) groups excluding carboxylic acids is 1. The molecule has 1 fully saturated rings. The quantitative estimate of drug-likeness (QED) is 0.779. The molecule has 1 amide bonds. The minimum absolute atomic E-state index is 0.155. The molecule has 0 spiro atoms. The van der Waals surface area contributed by atoms with Crippen LogP contribution >= 0.6 is 11.6 Å². The number of piperazine rings is 1. The summed E-state index contributed by atoms with van der Waals surface area (Å²) in [4.78, 5) is 21.4. The van der Waals surface area contributed by atoms with E-state index in [0.717, 1.165) is 23.5 Å². The van der Waals surface area contributed by atoms with Crippen molar-refractivity contribution in [2.24, 2.45) is 0 Å². The number of hydrogen-bond acceptors (Lipinski definition) is 5. The third-order valence-corrected chi connectivity index (χ3v) is 5.24. The topological polar surface area (TPSA) is 54.9 Å². The van der Waals surface area contributed by atoms with Gasteiger partial charge in [0.2, 0.25) is 0 Å². The Morgan fingerprint density at radius 3 is 2.69 bits per heavy atom. The Kier molecular flexibility index (Phi) is 5.10. The maximum Gasteiger partial charge on any atom is 0.410 e. The highest BCUT2D eigenvalue weighted by atomic mass is 35.5. The third-order valence-electron chi connectivity index (χ3n) is 4.93. The summed E-state index contributed by atoms with van der Waals surface area (Å²) in [6.45, 7) is 11.0. The molecular weight excluding hydrogens is 354 g/mol. The molecule has 0 saturated carbocycles. The van der Waals surface area contributed by atoms with Crippen LogP contribution in [0.5, 0.6) is 0 Å². The first-order chi connectivity index (χ1) is 12.1. The molecule has 3 heterocycles. The summed E-state index contributed by atoms with van der Waals surface area (Å²) < 4.78 is 11.0. The Bertz CT molecular complexity index is 704. The number of rotatable bonds is 2. The minimum atomic E-state index is -0.490. The van der Waals surface area contributed by atoms with Gasteiger partial charge in [0.15, 0.2) is 0 Å². The van der Waals surface area contributed by atoms with E-state index >= 15 is 0 Å². The van der Waals surface area contributed by atoms with E-state index in [4.69, 9.17) is 26.1 Å². The fourth-order valence-corrected chi connectivity index (χ4v) is 4.09. The minimum Gasteiger partial charge on any atom is -0.444 e. The van der Waals surface area contributed by atoms with E-state index in [-0.39, 0.29) is 24.3 Å². The van der Waals surface area contributed by atoms with E-state index in [9.17, 15) is 4.79 Å². The summed E-state index contributed by atoms with van der Waals surface area (Å²) in [6, 6.07) is 2.34. The highest BCUT2D eigenvalue weighted by Gasteiger charge is 2.42. The molecule has 1 aromatic heterocycles. The predicted molar refractivity (Wildman–Crippen MR) is 102 cm³/mol. The van der Waals surface area contributed by atoms with Crippen LogP contribution < -0.4 is 4.90 Å². The third kappa shape index (κ3) is 3.62. The second kappa shape index (κ2) is 6.89. The smallest absolute Gasteiger partial charge is 0.410 e. The molecule has 3 atom stereocenters. The van der Waals surface area contributed by atoms with Gasteiger partial charge in [-0.1, -0.05) is 11.6 Å². The summed E-state index contributed by atoms with van der Waals surface area (Å²) >= 11 is 6.42. The maximum absolute atomic E-state index is 12.5. The molecule has 2 aliphatic heterocycles. The van der Waals surface area contributed by atoms with Crippen molar-refractivity contribution in [1.82, 2.24) is 9.88 Å². The van der Waals surface area contributed by atoms with Gasteiger partial charge in [-0.15, -0.1) is 0 Å². The van der Waals surface area contributed by atoms with E-state index in [0.29, 0.717) is 18.1 Å². The Morgan fingerprint density at radius 2 is 2.08 bits per heavy atom. The number of fused-ring (bicyclic) bond motifs is 3. The standard InChI is InChI=1S/C19H28ClN3O3/c1-11-9-22(18(24)26-19(3,4)5)10-14-7-13-8-15(20)16(12(2)25-6)21-17(13)23(11)14/h8,11-12,14H,7,9-10H2,1-6H3/t11-,12-,14-/m1/s1. The Morgan fingerprint density at radius 1 is 1.38 bits per heavy atom. The van der Waals surface area contributed by atoms with Gasteiger partial charge in [0.05, 0.1) is 22.9 Å². The number of amides is 1. The summed E-state index contributed by atoms with van der Waals surface area (Å²) in [5.74, 6) is 0.967. The fraction of sp³-hybridized carbons (Fsp3) is 0.684. The second-order valence-corrected chi connectivity index (χ2v) is 8.62. The van der Waals surface area contributed by atoms with E-state index in [1.54, 1.807) is 7.11 Å². The number of aromatic nitrogens is 1. The first kappa shape index (κ1) is 19.2. The van der Waals surface area contributed by atoms with E-state index < -0.39 is 5.60 Å². The lowest BCUT2D eigenvalue weighted by molar-refractivity contribution is 0.0191. The summed E-state index contributed by atoms with van der Waals surface area (Å²) in [6.07, 6.45) is 0.415. The van der Waals surface area contributed by atoms with Crippen LogP contribution in [0.4, 0.5) is 10.6 Å². The van der Waals surface area contributed by atoms with Crippen molar-refractivity contribution in [1.29, 1.82) is 0 Å². The molecule has 0 unspecified atom stereocenters. The predicted octanol–water partition coefficient (Wildman–Crippen LogP) is 3.81. The molecule has 26 heavy (non-hydrogen) atoms. The molecule has 0 radical (unpaired) electrons. The van der Waals surface area contributed by atoms with Crippen molar-refractivity contribution < 1.29 is 14.3 Å². The molecule has 1 aromatic rings. The maximum atomic E-state index is 12.5. The number of methoxy groups -OCH3 is 1. The van der Waals surface area contributed by atoms with Crippen LogP contribution in [0, 0.1) is 0 Å². The van der Waals surface area contributed by atoms with Crippen molar-refractivity contribution in [2.75, 3.05) is 25.1 Å². The Labute approximate surface area is 160 Å². The van der Waals surface area contributed by atoms with Crippen molar-refractivity contribution in [2.45, 2.75) is 64.8 Å². The van der Waals surface area contributed by atoms with Gasteiger partial charge >= 0.3 is 6.09 Å². The van der Waals surface area contributed by atoms with Crippen LogP contribution in [0.25, 0.3) is 0 Å². The van der Waals surface area contributed by atoms with Crippen LogP contribution in [0.3, 0.4) is 0 Å². The lowest BCUT2D eigenvalue weighted by Crippen LogP contribution is -2.58. The molecule has 7 heteroatoms. The average molecular weight is 382 g/mol. The normalized spacial score (nSPS) is 23.5. The van der Waals surface area contributed by atoms with Gasteiger partial charge in [-0.25, -0.2) is 9.78 Å². The van der Waals surface area contributed by atoms with E-state index in [1.807, 2.05) is 38.7 Å². The Hall–Kier alpha value is -1.53. The van der Waals surface area contributed by atoms with Gasteiger partial charge in [-0.3, -0.25) is 0 Å². The van der Waals surface area contributed by atoms with Gasteiger partial charge < -0.3 is 19.3 Å². The number of anilines is 1. The van der Waals surface area contributed by atoms with Crippen molar-refractivity contribution in [3.8, 4) is 0 Å². The largest absolute Gasteiger partial charge is 0.444 e. The summed E-state index contributed by atoms with van der Waals surface area (Å²) in [5.41, 5.74) is 1.40. The molecule has 144 valence electrons. The van der Waals surface area contributed by atoms with Crippen LogP contribution in [0.2, 0.25) is 5.02 Å². The lowest BCUT2D eigenvalue weighted by Gasteiger charge is -2.43. The SMILES string of the molecule is CO[C@H](C)c1nc2c(cc1Cl)C[C@@H]1CN(C(=O)OC(C)(C)C)C[C@@H](C)N21. The number of carbonyl (C=O) groups is 1. The average Bonchev–Trinajstić information content (AvgIpc) is 2.89. The summed E-state index contributed by atoms with van der Waals surface area (Å²) in [5, 5.41) is 0.634. The van der Waals surface area contributed by atoms with E-state index in [1.165, 1.54) is 0 Å². The molecule has 1 saturated heterocycles. The molecule has 3 rings (SSSR count). The molecule has 0 aliphatic carbocycles. The fourth-order valence-electron chi connectivity index (χ4n) is 3.76. The van der Waals surface area contributed by atoms with Gasteiger partial charge in [0.1, 0.15) is 11.4 Å². The monoisotopic (exact) mass is 381 g/mol. The number of halogens is 1. The van der Waals surface area contributed by atoms with Crippen molar-refractivity contribution in [3.63, 3.8) is 0 Å². The second-order valence-electron chi connectivity index (χ2n) is 8.22. The Balaban J connectivity index is 1.83. The molecule has 2 aliphatic rings. The molecular formula is C19H28ClN3O3. The molecule has 0 N–H and O–H groups in total. The molecule has 6 nitrogen and oxygen atoms in total. The van der Waals surface area contributed by atoms with Crippen LogP contribution in [-0.2, 0) is 15.9 Å². The zero-order chi connectivity index (χ0) is 19.2. The first-order valence-electron chi connectivity index (χ1n) is 9.09. The van der Waals surface area contributed by atoms with Gasteiger partial charge in [0, 0.05) is 26.2 Å². The number of ether oxygens (including phenoxy) is 2. The zero-order valence-electron chi connectivity index (χ0n) is 16.4. The van der Waals surface area contributed by atoms with Crippen LogP contribution in [-0.4, -0.2) is 53.9 Å². The highest BCUT2D eigenvalue weighted by Crippen LogP contribution is 2.39. The van der Waals surface area contributed by atoms with Crippen molar-refractivity contribution in [3.05, 3.63) is 22.3 Å². The van der Waals surface area contributed by atoms with Gasteiger partial charge in [0.25, 0.3) is 0 Å². The molecule has 0 aromatic carbocycles. The summed E-state index contributed by atoms with van der Waals surface area (Å²) in [7, 11) is 1.65. The van der Waals surface area contributed by atoms with Crippen LogP contribution in [0.15, 0.2) is 6.07 Å². The van der Waals surface area contributed by atoms with Crippen LogP contribution in [0.1, 0.15) is 52.0 Å². The van der Waals surface area contributed by atoms with Gasteiger partial charge in [-0.2, -0.15) is 0 Å². The lowest BCUT2D eigenvalue weighted by atomic mass is 10.1. The molecule has 0 bridgehead atoms. The zero-order valence-corrected chi connectivity index (χ0v) is 17.1. The number of pyridine rings is 1. The van der Waals surface area contributed by atoms with Crippen molar-refractivity contribution >= 4 is 23.5 Å². The van der Waals surface area contributed by atoms with Gasteiger partial charge in [-0.05, 0) is 52.7 Å². The first-order valence-corrected chi connectivity index (χ1v) is 9.47. The number of hydrogen-bond donors (Lipinski definition) is 0. The number of nitrogens with zero attached hydrogens (tertiary/aromatic N) is 3. The van der Waals surface area contributed by atoms with E-state index in [2.05, 4.69) is 11.8 Å².